The Kier molecular flexibility index (Phi) is 2.92. The Bertz CT molecular complexity index is 261. The van der Waals surface area contributed by atoms with Gasteiger partial charge in [-0.15, -0.1) is 0 Å². The van der Waals surface area contributed by atoms with E-state index < -0.39 is 0 Å². The van der Waals surface area contributed by atoms with Gasteiger partial charge in [0.1, 0.15) is 6.23 Å². The van der Waals surface area contributed by atoms with Crippen LogP contribution in [0.3, 0.4) is 0 Å². The molecule has 0 aromatic rings. The first-order valence-electron chi connectivity index (χ1n) is 6.55. The highest BCUT2D eigenvalue weighted by atomic mass is 16.5. The largest absolute Gasteiger partial charge is 0.367 e. The molecular weight excluding hydrogens is 202 g/mol. The molecule has 3 fully saturated rings. The second-order valence-electron chi connectivity index (χ2n) is 5.51. The molecule has 4 nitrogen and oxygen atoms in total. The second kappa shape index (κ2) is 4.26. The van der Waals surface area contributed by atoms with Crippen molar-refractivity contribution < 1.29 is 4.74 Å². The molecule has 0 radical (unpaired) electrons. The smallest absolute Gasteiger partial charge is 0.108 e. The third kappa shape index (κ3) is 1.68. The van der Waals surface area contributed by atoms with Crippen molar-refractivity contribution in [2.24, 2.45) is 5.92 Å². The molecule has 0 spiro atoms. The van der Waals surface area contributed by atoms with Gasteiger partial charge < -0.3 is 10.1 Å². The van der Waals surface area contributed by atoms with Gasteiger partial charge in [-0.1, -0.05) is 0 Å². The molecule has 0 amide bonds. The van der Waals surface area contributed by atoms with Gasteiger partial charge in [-0.05, 0) is 25.7 Å². The van der Waals surface area contributed by atoms with E-state index in [9.17, 15) is 0 Å². The Morgan fingerprint density at radius 3 is 2.94 bits per heavy atom. The van der Waals surface area contributed by atoms with Crippen molar-refractivity contribution in [1.82, 2.24) is 15.5 Å². The van der Waals surface area contributed by atoms with Crippen LogP contribution in [0.1, 0.15) is 19.8 Å². The molecule has 3 heterocycles. The van der Waals surface area contributed by atoms with Crippen LogP contribution in [0.4, 0.5) is 0 Å². The van der Waals surface area contributed by atoms with Gasteiger partial charge in [0, 0.05) is 44.9 Å². The van der Waals surface area contributed by atoms with Crippen LogP contribution in [0.5, 0.6) is 0 Å². The molecule has 2 N–H and O–H groups in total. The number of fused-ring (bicyclic) bond motifs is 3. The molecule has 3 aliphatic heterocycles. The Labute approximate surface area is 97.7 Å². The van der Waals surface area contributed by atoms with Crippen molar-refractivity contribution in [2.45, 2.75) is 44.1 Å². The summed E-state index contributed by atoms with van der Waals surface area (Å²) in [4.78, 5) is 2.69. The zero-order valence-electron chi connectivity index (χ0n) is 10.3. The Hall–Kier alpha value is -0.160. The zero-order valence-corrected chi connectivity index (χ0v) is 10.3. The number of nitrogens with one attached hydrogen (secondary N) is 2. The van der Waals surface area contributed by atoms with Gasteiger partial charge in [0.05, 0.1) is 0 Å². The summed E-state index contributed by atoms with van der Waals surface area (Å²) >= 11 is 0. The average Bonchev–Trinajstić information content (AvgIpc) is 2.68. The van der Waals surface area contributed by atoms with Crippen LogP contribution in [0.15, 0.2) is 0 Å². The highest BCUT2D eigenvalue weighted by molar-refractivity contribution is 5.04. The van der Waals surface area contributed by atoms with Crippen molar-refractivity contribution in [3.8, 4) is 0 Å². The molecule has 3 rings (SSSR count). The SMILES string of the molecule is COC1CCC2C(CN3[C@H](C)CNC[C@H]23)N1. The topological polar surface area (TPSA) is 36.5 Å². The van der Waals surface area contributed by atoms with Gasteiger partial charge in [-0.3, -0.25) is 10.2 Å². The average molecular weight is 225 g/mol. The van der Waals surface area contributed by atoms with Gasteiger partial charge in [-0.2, -0.15) is 0 Å². The Morgan fingerprint density at radius 2 is 2.12 bits per heavy atom. The maximum atomic E-state index is 5.43. The fourth-order valence-corrected chi connectivity index (χ4v) is 3.77. The van der Waals surface area contributed by atoms with Gasteiger partial charge in [-0.25, -0.2) is 0 Å². The van der Waals surface area contributed by atoms with Crippen molar-refractivity contribution in [1.29, 1.82) is 0 Å². The predicted octanol–water partition coefficient (Wildman–Crippen LogP) is 0.00300. The molecule has 0 aromatic carbocycles. The quantitative estimate of drug-likeness (QED) is 0.659. The lowest BCUT2D eigenvalue weighted by atomic mass is 9.87. The van der Waals surface area contributed by atoms with Crippen LogP contribution < -0.4 is 10.6 Å². The van der Waals surface area contributed by atoms with Crippen molar-refractivity contribution >= 4 is 0 Å². The number of piperidine rings is 1. The van der Waals surface area contributed by atoms with E-state index in [0.717, 1.165) is 24.9 Å². The van der Waals surface area contributed by atoms with Crippen LogP contribution >= 0.6 is 0 Å². The van der Waals surface area contributed by atoms with E-state index in [-0.39, 0.29) is 6.23 Å². The van der Waals surface area contributed by atoms with Crippen molar-refractivity contribution in [3.63, 3.8) is 0 Å². The normalized spacial score (nSPS) is 48.8. The number of piperazine rings is 1. The molecule has 3 aliphatic rings. The first kappa shape index (κ1) is 11.0. The Balaban J connectivity index is 1.72. The summed E-state index contributed by atoms with van der Waals surface area (Å²) in [6, 6.07) is 2.08. The minimum atomic E-state index is 0.283. The van der Waals surface area contributed by atoms with Crippen LogP contribution in [-0.4, -0.2) is 56.0 Å². The summed E-state index contributed by atoms with van der Waals surface area (Å²) in [5.41, 5.74) is 0. The standard InChI is InChI=1S/C12H23N3O/c1-8-5-13-6-11-9-3-4-12(16-2)14-10(9)7-15(8)11/h8-14H,3-7H2,1-2H3/t8-,9?,10?,11-,12?/m1/s1. The summed E-state index contributed by atoms with van der Waals surface area (Å²) in [6.45, 7) is 5.86. The third-order valence-electron chi connectivity index (χ3n) is 4.65. The lowest BCUT2D eigenvalue weighted by Crippen LogP contribution is -2.55. The molecular formula is C12H23N3O. The first-order chi connectivity index (χ1) is 7.79. The highest BCUT2D eigenvalue weighted by Gasteiger charge is 2.46. The maximum absolute atomic E-state index is 5.43. The number of nitrogens with zero attached hydrogens (tertiary/aromatic N) is 1. The van der Waals surface area contributed by atoms with E-state index in [2.05, 4.69) is 22.5 Å². The molecule has 5 atom stereocenters. The van der Waals surface area contributed by atoms with E-state index >= 15 is 0 Å². The summed E-state index contributed by atoms with van der Waals surface area (Å²) in [7, 11) is 1.81. The summed E-state index contributed by atoms with van der Waals surface area (Å²) in [5.74, 6) is 0.821. The van der Waals surface area contributed by atoms with Gasteiger partial charge in [0.25, 0.3) is 0 Å². The van der Waals surface area contributed by atoms with E-state index in [1.165, 1.54) is 19.5 Å². The number of rotatable bonds is 1. The lowest BCUT2D eigenvalue weighted by Gasteiger charge is -2.39. The van der Waals surface area contributed by atoms with Crippen LogP contribution in [0.2, 0.25) is 0 Å². The van der Waals surface area contributed by atoms with Crippen LogP contribution in [-0.2, 0) is 4.74 Å². The lowest BCUT2D eigenvalue weighted by molar-refractivity contribution is 0.0236. The van der Waals surface area contributed by atoms with E-state index in [1.54, 1.807) is 0 Å². The van der Waals surface area contributed by atoms with Crippen molar-refractivity contribution in [2.75, 3.05) is 26.7 Å². The maximum Gasteiger partial charge on any atom is 0.108 e. The molecule has 0 aliphatic carbocycles. The predicted molar refractivity (Wildman–Crippen MR) is 63.3 cm³/mol. The summed E-state index contributed by atoms with van der Waals surface area (Å²) in [5, 5.41) is 7.21. The van der Waals surface area contributed by atoms with E-state index in [4.69, 9.17) is 4.74 Å². The highest BCUT2D eigenvalue weighted by Crippen LogP contribution is 2.34. The minimum absolute atomic E-state index is 0.283. The molecule has 92 valence electrons. The van der Waals surface area contributed by atoms with E-state index in [1.807, 2.05) is 7.11 Å². The molecule has 3 saturated heterocycles. The fourth-order valence-electron chi connectivity index (χ4n) is 3.77. The molecule has 0 saturated carbocycles. The fraction of sp³-hybridized carbons (Fsp3) is 1.00. The molecule has 0 bridgehead atoms. The molecule has 0 aromatic heterocycles. The third-order valence-corrected chi connectivity index (χ3v) is 4.65. The van der Waals surface area contributed by atoms with Crippen LogP contribution in [0.25, 0.3) is 0 Å². The van der Waals surface area contributed by atoms with Gasteiger partial charge in [0.2, 0.25) is 0 Å². The van der Waals surface area contributed by atoms with Crippen molar-refractivity contribution in [3.05, 3.63) is 0 Å². The second-order valence-corrected chi connectivity index (χ2v) is 5.51. The molecule has 4 heteroatoms. The first-order valence-corrected chi connectivity index (χ1v) is 6.55. The monoisotopic (exact) mass is 225 g/mol. The number of hydrogen-bond acceptors (Lipinski definition) is 4. The number of methoxy groups -OCH3 is 1. The number of ether oxygens (including phenoxy) is 1. The van der Waals surface area contributed by atoms with Crippen LogP contribution in [0, 0.1) is 5.92 Å². The number of hydrogen-bond donors (Lipinski definition) is 2. The minimum Gasteiger partial charge on any atom is -0.367 e. The van der Waals surface area contributed by atoms with E-state index in [0.29, 0.717) is 12.1 Å². The Morgan fingerprint density at radius 1 is 1.25 bits per heavy atom. The molecule has 16 heavy (non-hydrogen) atoms. The summed E-state index contributed by atoms with van der Waals surface area (Å²) in [6.07, 6.45) is 2.76. The summed E-state index contributed by atoms with van der Waals surface area (Å²) < 4.78 is 5.43. The zero-order chi connectivity index (χ0) is 11.1. The van der Waals surface area contributed by atoms with Gasteiger partial charge >= 0.3 is 0 Å². The van der Waals surface area contributed by atoms with Gasteiger partial charge in [0.15, 0.2) is 0 Å². The molecule has 3 unspecified atom stereocenters.